The molecule has 0 bridgehead atoms. The van der Waals surface area contributed by atoms with Gasteiger partial charge in [-0.15, -0.1) is 0 Å². The maximum atomic E-state index is 8.61. The monoisotopic (exact) mass is 192 g/mol. The van der Waals surface area contributed by atoms with Crippen molar-refractivity contribution in [2.75, 3.05) is 6.61 Å². The third-order valence-electron chi connectivity index (χ3n) is 1.78. The van der Waals surface area contributed by atoms with Gasteiger partial charge in [0.2, 0.25) is 0 Å². The predicted octanol–water partition coefficient (Wildman–Crippen LogP) is 1.32. The molecule has 0 rings (SSSR count). The van der Waals surface area contributed by atoms with E-state index in [-0.39, 0.29) is 0 Å². The number of hydrogen-bond acceptors (Lipinski definition) is 3. The Kier molecular flexibility index (Phi) is 5.74. The molecule has 0 amide bonds. The van der Waals surface area contributed by atoms with E-state index < -0.39 is 14.6 Å². The number of aliphatic hydroxyl groups is 2. The second-order valence-electron chi connectivity index (χ2n) is 3.57. The van der Waals surface area contributed by atoms with Crippen LogP contribution in [-0.2, 0) is 4.43 Å². The normalized spacial score (nSPS) is 12.5. The molecule has 3 nitrogen and oxygen atoms in total. The van der Waals surface area contributed by atoms with Gasteiger partial charge in [-0.25, -0.2) is 0 Å². The van der Waals surface area contributed by atoms with Gasteiger partial charge in [0.15, 0.2) is 14.6 Å². The standard InChI is InChI=1S/C8H20O3Si/c1-4-11-12(2,3)7-5-6-8(9)10/h8-10H,4-7H2,1-3H3. The molecule has 0 aliphatic rings. The Morgan fingerprint density at radius 2 is 1.92 bits per heavy atom. The lowest BCUT2D eigenvalue weighted by Crippen LogP contribution is -2.30. The van der Waals surface area contributed by atoms with Crippen LogP contribution in [0.1, 0.15) is 19.8 Å². The molecular formula is C8H20O3Si. The van der Waals surface area contributed by atoms with Gasteiger partial charge >= 0.3 is 0 Å². The summed E-state index contributed by atoms with van der Waals surface area (Å²) in [6.07, 6.45) is 0.150. The molecule has 4 heteroatoms. The Hall–Kier alpha value is 0.0969. The van der Waals surface area contributed by atoms with Crippen molar-refractivity contribution in [1.29, 1.82) is 0 Å². The van der Waals surface area contributed by atoms with Gasteiger partial charge in [0, 0.05) is 6.61 Å². The molecule has 0 heterocycles. The fraction of sp³-hybridized carbons (Fsp3) is 1.00. The molecule has 0 radical (unpaired) electrons. The maximum absolute atomic E-state index is 8.61. The molecule has 0 spiro atoms. The van der Waals surface area contributed by atoms with Crippen LogP contribution in [0, 0.1) is 0 Å². The third kappa shape index (κ3) is 6.79. The Bertz CT molecular complexity index is 115. The maximum Gasteiger partial charge on any atom is 0.186 e. The molecule has 0 atom stereocenters. The van der Waals surface area contributed by atoms with Crippen molar-refractivity contribution < 1.29 is 14.6 Å². The van der Waals surface area contributed by atoms with Crippen molar-refractivity contribution in [1.82, 2.24) is 0 Å². The van der Waals surface area contributed by atoms with Crippen LogP contribution in [0.2, 0.25) is 19.1 Å². The van der Waals surface area contributed by atoms with Crippen LogP contribution in [0.3, 0.4) is 0 Å². The van der Waals surface area contributed by atoms with Gasteiger partial charge in [-0.1, -0.05) is 0 Å². The molecule has 2 N–H and O–H groups in total. The average molecular weight is 192 g/mol. The third-order valence-corrected chi connectivity index (χ3v) is 4.40. The van der Waals surface area contributed by atoms with E-state index in [4.69, 9.17) is 14.6 Å². The van der Waals surface area contributed by atoms with Gasteiger partial charge in [-0.05, 0) is 38.9 Å². The van der Waals surface area contributed by atoms with Crippen LogP contribution in [0.25, 0.3) is 0 Å². The minimum absolute atomic E-state index is 0.462. The first-order valence-corrected chi connectivity index (χ1v) is 7.59. The molecule has 0 aromatic rings. The SMILES string of the molecule is CCO[Si](C)(C)CCCC(O)O. The van der Waals surface area contributed by atoms with Crippen molar-refractivity contribution in [2.45, 2.75) is 45.2 Å². The van der Waals surface area contributed by atoms with E-state index in [1.54, 1.807) is 0 Å². The van der Waals surface area contributed by atoms with Crippen molar-refractivity contribution in [3.8, 4) is 0 Å². The predicted molar refractivity (Wildman–Crippen MR) is 51.4 cm³/mol. The molecule has 0 fully saturated rings. The quantitative estimate of drug-likeness (QED) is 0.493. The number of hydrogen-bond donors (Lipinski definition) is 2. The molecule has 74 valence electrons. The van der Waals surface area contributed by atoms with Gasteiger partial charge in [0.25, 0.3) is 0 Å². The van der Waals surface area contributed by atoms with E-state index in [0.29, 0.717) is 6.42 Å². The molecule has 0 unspecified atom stereocenters. The number of aliphatic hydroxyl groups excluding tert-OH is 1. The van der Waals surface area contributed by atoms with Gasteiger partial charge in [-0.2, -0.15) is 0 Å². The largest absolute Gasteiger partial charge is 0.418 e. The Balaban J connectivity index is 3.46. The van der Waals surface area contributed by atoms with E-state index >= 15 is 0 Å². The minimum atomic E-state index is -1.49. The van der Waals surface area contributed by atoms with Crippen molar-refractivity contribution in [2.24, 2.45) is 0 Å². The summed E-state index contributed by atoms with van der Waals surface area (Å²) in [5.41, 5.74) is 0. The average Bonchev–Trinajstić information content (AvgIpc) is 1.85. The summed E-state index contributed by atoms with van der Waals surface area (Å²) in [6.45, 7) is 7.07. The van der Waals surface area contributed by atoms with Crippen LogP contribution < -0.4 is 0 Å². The van der Waals surface area contributed by atoms with Gasteiger partial charge < -0.3 is 14.6 Å². The first kappa shape index (κ1) is 12.1. The highest BCUT2D eigenvalue weighted by Gasteiger charge is 2.20. The summed E-state index contributed by atoms with van der Waals surface area (Å²) >= 11 is 0. The highest BCUT2D eigenvalue weighted by molar-refractivity contribution is 6.71. The van der Waals surface area contributed by atoms with Crippen LogP contribution in [0.5, 0.6) is 0 Å². The number of rotatable bonds is 6. The van der Waals surface area contributed by atoms with Gasteiger partial charge in [0.05, 0.1) is 0 Å². The lowest BCUT2D eigenvalue weighted by molar-refractivity contribution is -0.0455. The smallest absolute Gasteiger partial charge is 0.186 e. The zero-order valence-corrected chi connectivity index (χ0v) is 9.21. The second-order valence-corrected chi connectivity index (χ2v) is 7.87. The fourth-order valence-electron chi connectivity index (χ4n) is 1.17. The molecule has 0 saturated carbocycles. The highest BCUT2D eigenvalue weighted by Crippen LogP contribution is 2.15. The molecule has 0 aromatic carbocycles. The second kappa shape index (κ2) is 5.69. The topological polar surface area (TPSA) is 49.7 Å². The van der Waals surface area contributed by atoms with E-state index in [9.17, 15) is 0 Å². The zero-order chi connectivity index (χ0) is 9.61. The molecule has 0 aromatic heterocycles. The molecule has 0 aliphatic heterocycles. The molecule has 0 aliphatic carbocycles. The fourth-order valence-corrected chi connectivity index (χ4v) is 3.15. The Morgan fingerprint density at radius 3 is 2.33 bits per heavy atom. The van der Waals surface area contributed by atoms with Crippen LogP contribution >= 0.6 is 0 Å². The molecule has 0 saturated heterocycles. The van der Waals surface area contributed by atoms with E-state index in [2.05, 4.69) is 13.1 Å². The molecular weight excluding hydrogens is 172 g/mol. The first-order valence-electron chi connectivity index (χ1n) is 4.48. The van der Waals surface area contributed by atoms with Crippen LogP contribution in [0.15, 0.2) is 0 Å². The minimum Gasteiger partial charge on any atom is -0.418 e. The summed E-state index contributed by atoms with van der Waals surface area (Å²) in [7, 11) is -1.49. The molecule has 12 heavy (non-hydrogen) atoms. The van der Waals surface area contributed by atoms with Gasteiger partial charge in [-0.3, -0.25) is 0 Å². The van der Waals surface area contributed by atoms with Crippen LogP contribution in [0.4, 0.5) is 0 Å². The summed E-state index contributed by atoms with van der Waals surface area (Å²) in [5, 5.41) is 17.2. The Morgan fingerprint density at radius 1 is 1.33 bits per heavy atom. The highest BCUT2D eigenvalue weighted by atomic mass is 28.4. The summed E-state index contributed by atoms with van der Waals surface area (Å²) < 4.78 is 5.59. The van der Waals surface area contributed by atoms with E-state index in [0.717, 1.165) is 19.1 Å². The summed E-state index contributed by atoms with van der Waals surface area (Å²) in [4.78, 5) is 0. The van der Waals surface area contributed by atoms with E-state index in [1.807, 2.05) is 6.92 Å². The Labute approximate surface area is 75.5 Å². The lowest BCUT2D eigenvalue weighted by atomic mass is 10.3. The van der Waals surface area contributed by atoms with Crippen molar-refractivity contribution >= 4 is 8.32 Å². The first-order chi connectivity index (χ1) is 5.48. The zero-order valence-electron chi connectivity index (χ0n) is 8.21. The van der Waals surface area contributed by atoms with E-state index in [1.165, 1.54) is 0 Å². The lowest BCUT2D eigenvalue weighted by Gasteiger charge is -2.21. The van der Waals surface area contributed by atoms with Crippen molar-refractivity contribution in [3.05, 3.63) is 0 Å². The van der Waals surface area contributed by atoms with Gasteiger partial charge in [0.1, 0.15) is 0 Å². The van der Waals surface area contributed by atoms with Crippen LogP contribution in [-0.4, -0.2) is 31.4 Å². The summed E-state index contributed by atoms with van der Waals surface area (Å²) in [6, 6.07) is 0.998. The summed E-state index contributed by atoms with van der Waals surface area (Å²) in [5.74, 6) is 0. The van der Waals surface area contributed by atoms with Crippen molar-refractivity contribution in [3.63, 3.8) is 0 Å².